The van der Waals surface area contributed by atoms with E-state index in [9.17, 15) is 14.5 Å². The maximum atomic E-state index is 13.7. The molecule has 0 saturated heterocycles. The molecule has 8 heteroatoms. The predicted molar refractivity (Wildman–Crippen MR) is 68.5 cm³/mol. The van der Waals surface area contributed by atoms with Crippen LogP contribution in [0.4, 0.5) is 15.9 Å². The molecule has 19 heavy (non-hydrogen) atoms. The molecule has 100 valence electrons. The molecule has 0 amide bonds. The van der Waals surface area contributed by atoms with Crippen molar-refractivity contribution in [1.29, 1.82) is 0 Å². The predicted octanol–water partition coefficient (Wildman–Crippen LogP) is 2.52. The van der Waals surface area contributed by atoms with Crippen molar-refractivity contribution in [1.82, 2.24) is 9.78 Å². The first-order valence-corrected chi connectivity index (χ1v) is 5.69. The zero-order chi connectivity index (χ0) is 14.2. The lowest BCUT2D eigenvalue weighted by Crippen LogP contribution is -2.08. The van der Waals surface area contributed by atoms with Crippen molar-refractivity contribution in [3.8, 4) is 0 Å². The van der Waals surface area contributed by atoms with Crippen LogP contribution in [0.2, 0.25) is 5.02 Å². The molecular formula is C11H10ClFN4O2. The maximum absolute atomic E-state index is 13.7. The highest BCUT2D eigenvalue weighted by Crippen LogP contribution is 2.26. The molecule has 0 fully saturated rings. The van der Waals surface area contributed by atoms with Crippen LogP contribution in [0.25, 0.3) is 0 Å². The zero-order valence-electron chi connectivity index (χ0n) is 9.93. The molecule has 0 aliphatic rings. The van der Waals surface area contributed by atoms with E-state index < -0.39 is 10.7 Å². The highest BCUT2D eigenvalue weighted by atomic mass is 35.5. The lowest BCUT2D eigenvalue weighted by Gasteiger charge is -2.05. The molecule has 1 heterocycles. The summed E-state index contributed by atoms with van der Waals surface area (Å²) in [4.78, 5) is 10.2. The number of anilines is 1. The second kappa shape index (κ2) is 4.85. The standard InChI is InChI=1S/C11H10ClFN4O2/c1-6-10(17(18)19)11(14)16(15-6)5-7-3-2-4-8(12)9(7)13/h2-4H,5,14H2,1H3. The Morgan fingerprint density at radius 2 is 2.26 bits per heavy atom. The number of rotatable bonds is 3. The lowest BCUT2D eigenvalue weighted by molar-refractivity contribution is -0.384. The molecule has 0 atom stereocenters. The van der Waals surface area contributed by atoms with Gasteiger partial charge in [-0.05, 0) is 13.0 Å². The van der Waals surface area contributed by atoms with E-state index in [2.05, 4.69) is 5.10 Å². The molecule has 1 aromatic heterocycles. The SMILES string of the molecule is Cc1nn(Cc2cccc(Cl)c2F)c(N)c1[N+](=O)[O-]. The van der Waals surface area contributed by atoms with Crippen LogP contribution in [0.5, 0.6) is 0 Å². The highest BCUT2D eigenvalue weighted by molar-refractivity contribution is 6.30. The summed E-state index contributed by atoms with van der Waals surface area (Å²) in [6.07, 6.45) is 0. The van der Waals surface area contributed by atoms with Crippen molar-refractivity contribution in [2.75, 3.05) is 5.73 Å². The Bertz CT molecular complexity index is 656. The molecule has 2 N–H and O–H groups in total. The third-order valence-corrected chi connectivity index (χ3v) is 2.96. The van der Waals surface area contributed by atoms with Crippen LogP contribution in [0.1, 0.15) is 11.3 Å². The van der Waals surface area contributed by atoms with Crippen LogP contribution in [-0.2, 0) is 6.54 Å². The number of benzene rings is 1. The summed E-state index contributed by atoms with van der Waals surface area (Å²) in [5.74, 6) is -0.693. The van der Waals surface area contributed by atoms with Crippen molar-refractivity contribution in [3.05, 3.63) is 50.4 Å². The van der Waals surface area contributed by atoms with E-state index in [1.807, 2.05) is 0 Å². The van der Waals surface area contributed by atoms with Gasteiger partial charge in [0.2, 0.25) is 5.82 Å². The highest BCUT2D eigenvalue weighted by Gasteiger charge is 2.23. The minimum absolute atomic E-state index is 0.0190. The van der Waals surface area contributed by atoms with Gasteiger partial charge in [-0.15, -0.1) is 0 Å². The summed E-state index contributed by atoms with van der Waals surface area (Å²) in [6.45, 7) is 1.45. The van der Waals surface area contributed by atoms with Crippen molar-refractivity contribution in [3.63, 3.8) is 0 Å². The van der Waals surface area contributed by atoms with Crippen LogP contribution in [0, 0.1) is 22.9 Å². The van der Waals surface area contributed by atoms with E-state index in [0.29, 0.717) is 0 Å². The quantitative estimate of drug-likeness (QED) is 0.693. The molecule has 2 rings (SSSR count). The molecule has 6 nitrogen and oxygen atoms in total. The number of nitrogens with zero attached hydrogens (tertiary/aromatic N) is 3. The number of hydrogen-bond donors (Lipinski definition) is 1. The molecule has 0 saturated carbocycles. The average Bonchev–Trinajstić information content (AvgIpc) is 2.60. The number of aromatic nitrogens is 2. The fourth-order valence-electron chi connectivity index (χ4n) is 1.77. The lowest BCUT2D eigenvalue weighted by atomic mass is 10.2. The number of nitrogens with two attached hydrogens (primary N) is 1. The monoisotopic (exact) mass is 284 g/mol. The van der Waals surface area contributed by atoms with Gasteiger partial charge in [-0.1, -0.05) is 23.7 Å². The van der Waals surface area contributed by atoms with E-state index >= 15 is 0 Å². The summed E-state index contributed by atoms with van der Waals surface area (Å²) in [7, 11) is 0. The number of hydrogen-bond acceptors (Lipinski definition) is 4. The minimum atomic E-state index is -0.609. The summed E-state index contributed by atoms with van der Waals surface area (Å²) < 4.78 is 14.9. The maximum Gasteiger partial charge on any atom is 0.333 e. The van der Waals surface area contributed by atoms with Gasteiger partial charge in [0.1, 0.15) is 11.5 Å². The first-order chi connectivity index (χ1) is 8.91. The second-order valence-corrected chi connectivity index (χ2v) is 4.35. The number of nitrogen functional groups attached to an aromatic ring is 1. The van der Waals surface area contributed by atoms with Gasteiger partial charge in [-0.2, -0.15) is 5.10 Å². The largest absolute Gasteiger partial charge is 0.378 e. The van der Waals surface area contributed by atoms with Crippen LogP contribution in [0.15, 0.2) is 18.2 Å². The van der Waals surface area contributed by atoms with Gasteiger partial charge in [-0.3, -0.25) is 10.1 Å². The summed E-state index contributed by atoms with van der Waals surface area (Å²) in [5, 5.41) is 14.7. The van der Waals surface area contributed by atoms with E-state index in [4.69, 9.17) is 17.3 Å². The molecule has 0 unspecified atom stereocenters. The van der Waals surface area contributed by atoms with Crippen LogP contribution >= 0.6 is 11.6 Å². The normalized spacial score (nSPS) is 10.7. The van der Waals surface area contributed by atoms with Crippen LogP contribution in [-0.4, -0.2) is 14.7 Å². The number of nitro groups is 1. The first-order valence-electron chi connectivity index (χ1n) is 5.32. The Morgan fingerprint density at radius 1 is 1.58 bits per heavy atom. The first kappa shape index (κ1) is 13.3. The molecule has 0 spiro atoms. The molecule has 0 radical (unpaired) electrons. The van der Waals surface area contributed by atoms with Gasteiger partial charge in [0.25, 0.3) is 0 Å². The van der Waals surface area contributed by atoms with Crippen molar-refractivity contribution >= 4 is 23.1 Å². The fraction of sp³-hybridized carbons (Fsp3) is 0.182. The Morgan fingerprint density at radius 3 is 2.84 bits per heavy atom. The van der Waals surface area contributed by atoms with Gasteiger partial charge >= 0.3 is 5.69 Å². The molecule has 1 aromatic carbocycles. The van der Waals surface area contributed by atoms with Crippen LogP contribution in [0.3, 0.4) is 0 Å². The van der Waals surface area contributed by atoms with Crippen LogP contribution < -0.4 is 5.73 Å². The van der Waals surface area contributed by atoms with Gasteiger partial charge in [-0.25, -0.2) is 9.07 Å². The zero-order valence-corrected chi connectivity index (χ0v) is 10.7. The Labute approximate surface area is 112 Å². The van der Waals surface area contributed by atoms with E-state index in [1.165, 1.54) is 23.7 Å². The van der Waals surface area contributed by atoms with Crippen molar-refractivity contribution in [2.24, 2.45) is 0 Å². The van der Waals surface area contributed by atoms with E-state index in [-0.39, 0.29) is 34.3 Å². The molecule has 0 aliphatic heterocycles. The minimum Gasteiger partial charge on any atom is -0.378 e. The van der Waals surface area contributed by atoms with Gasteiger partial charge < -0.3 is 5.73 Å². The topological polar surface area (TPSA) is 87.0 Å². The molecular weight excluding hydrogens is 275 g/mol. The second-order valence-electron chi connectivity index (χ2n) is 3.95. The Balaban J connectivity index is 2.42. The summed E-state index contributed by atoms with van der Waals surface area (Å²) in [6, 6.07) is 4.52. The van der Waals surface area contributed by atoms with E-state index in [0.717, 1.165) is 0 Å². The molecule has 2 aromatic rings. The third-order valence-electron chi connectivity index (χ3n) is 2.67. The summed E-state index contributed by atoms with van der Waals surface area (Å²) >= 11 is 5.66. The van der Waals surface area contributed by atoms with Gasteiger partial charge in [0, 0.05) is 5.56 Å². The van der Waals surface area contributed by atoms with Crippen molar-refractivity contribution in [2.45, 2.75) is 13.5 Å². The molecule has 0 aliphatic carbocycles. The smallest absolute Gasteiger partial charge is 0.333 e. The van der Waals surface area contributed by atoms with Gasteiger partial charge in [0.05, 0.1) is 16.5 Å². The average molecular weight is 285 g/mol. The number of aryl methyl sites for hydroxylation is 1. The van der Waals surface area contributed by atoms with E-state index in [1.54, 1.807) is 6.07 Å². The molecule has 0 bridgehead atoms. The van der Waals surface area contributed by atoms with Gasteiger partial charge in [0.15, 0.2) is 0 Å². The number of halogens is 2. The fourth-order valence-corrected chi connectivity index (χ4v) is 1.96. The Hall–Kier alpha value is -2.15. The van der Waals surface area contributed by atoms with Crippen molar-refractivity contribution < 1.29 is 9.31 Å². The Kier molecular flexibility index (Phi) is 3.39. The summed E-state index contributed by atoms with van der Waals surface area (Å²) in [5.41, 5.74) is 5.83. The third kappa shape index (κ3) is 2.37.